The number of hydrogen-bond acceptors (Lipinski definition) is 8. The minimum atomic E-state index is -5.10. The van der Waals surface area contributed by atoms with Gasteiger partial charge in [0.1, 0.15) is 0 Å². The van der Waals surface area contributed by atoms with Crippen molar-refractivity contribution in [1.29, 1.82) is 0 Å². The Labute approximate surface area is 749 Å². The van der Waals surface area contributed by atoms with Crippen LogP contribution in [0.15, 0.2) is 128 Å². The van der Waals surface area contributed by atoms with Crippen LogP contribution in [0.2, 0.25) is 0 Å². The molecule has 0 atom stereocenters. The maximum atomic E-state index is 12.8. The molecule has 0 unspecified atom stereocenters. The molecule has 5 aliphatic rings. The van der Waals surface area contributed by atoms with Crippen LogP contribution in [-0.2, 0) is 86.9 Å². The second-order valence-corrected chi connectivity index (χ2v) is 49.9. The van der Waals surface area contributed by atoms with Crippen LogP contribution in [0.1, 0.15) is 191 Å². The van der Waals surface area contributed by atoms with E-state index in [1.165, 1.54) is 106 Å². The van der Waals surface area contributed by atoms with Crippen molar-refractivity contribution >= 4 is 120 Å². The molecule has 33 heteroatoms. The van der Waals surface area contributed by atoms with Crippen molar-refractivity contribution in [1.82, 2.24) is 0 Å². The monoisotopic (exact) mass is 2080 g/mol. The van der Waals surface area contributed by atoms with Gasteiger partial charge < -0.3 is 19.6 Å². The summed E-state index contributed by atoms with van der Waals surface area (Å²) in [5, 5.41) is 0. The summed E-state index contributed by atoms with van der Waals surface area (Å²) in [6.07, 6.45) is 5.33. The summed E-state index contributed by atoms with van der Waals surface area (Å²) in [6, 6.07) is 29.1. The van der Waals surface area contributed by atoms with Gasteiger partial charge in [0.05, 0.1) is 40.0 Å². The fraction of sp³-hybridized carbons (Fsp3) is 0.455. The van der Waals surface area contributed by atoms with Gasteiger partial charge in [0.25, 0.3) is 0 Å². The number of hydrogen-bond donors (Lipinski definition) is 0. The van der Waals surface area contributed by atoms with Crippen molar-refractivity contribution in [3.05, 3.63) is 236 Å². The molecule has 2 aliphatic heterocycles. The number of nitrogens with zero attached hydrogens (tertiary/aromatic N) is 6. The van der Waals surface area contributed by atoms with Gasteiger partial charge in [-0.05, 0) is 223 Å². The van der Waals surface area contributed by atoms with Crippen LogP contribution in [0.5, 0.6) is 0 Å². The molecule has 7 aromatic carbocycles. The molecular weight excluding hydrogens is 1970 g/mol. The van der Waals surface area contributed by atoms with Crippen LogP contribution in [0, 0.1) is 96.4 Å². The standard InChI is InChI=1S/2C21H27N2.C18H33P.C11H9F6NO2S.C10H7F6NO2S.C7H6.5ClH.Cu.2Ru/c2*1-14-9-16(3)20(17(4)10-14)22-7-8-23(13-22)21-18(5)11-15(2)12-19(21)6;1-4-10-16(11-5-1)19(17-12-6-2-7-13-17)18-14-8-3-9-15-18;1-3-18(21(2,19)20)9-5-7(10(12,13)14)4-8(6-9)11(15,16)17;1-17(20(2,18)19)8-4-6(9(11,12)13)3-7(5-8)10(14,15)16;1-7-5-3-2-4-6-7;;;;;;;;/h2*9-13H,7-8H2,1-6H3;16-18H,1-15H2;3-6H,1H2,2H3;1,3-5H,2H3;1-6H;5*1H;;;/q2*-1;;;;;;;;;;+1;2*+2/p-4. The first-order chi connectivity index (χ1) is 56.3. The van der Waals surface area contributed by atoms with Crippen LogP contribution in [0.3, 0.4) is 0 Å². The van der Waals surface area contributed by atoms with Crippen LogP contribution in [0.4, 0.5) is 86.8 Å². The Morgan fingerprint density at radius 3 is 0.843 bits per heavy atom. The maximum absolute atomic E-state index is 12.8. The van der Waals surface area contributed by atoms with E-state index in [2.05, 4.69) is 196 Å². The zero-order chi connectivity index (χ0) is 90.6. The average molecular weight is 2080 g/mol. The predicted molar refractivity (Wildman–Crippen MR) is 474 cm³/mol. The molecule has 0 N–H and O–H groups in total. The van der Waals surface area contributed by atoms with E-state index in [0.29, 0.717) is 35.6 Å². The average Bonchev–Trinajstić information content (AvgIpc) is 1.66. The number of alkyl halides is 12. The van der Waals surface area contributed by atoms with Gasteiger partial charge in [-0.1, -0.05) is 96.6 Å². The number of rotatable bonds is 14. The first kappa shape index (κ1) is 105. The summed E-state index contributed by atoms with van der Waals surface area (Å²) in [5.41, 5.74) is 18.3. The van der Waals surface area contributed by atoms with Crippen molar-refractivity contribution in [2.75, 3.05) is 66.9 Å². The molecule has 0 amide bonds. The number of halogens is 17. The van der Waals surface area contributed by atoms with E-state index in [1.807, 2.05) is 34.9 Å². The van der Waals surface area contributed by atoms with Gasteiger partial charge in [-0.3, -0.25) is 0 Å². The second kappa shape index (κ2) is 47.0. The minimum absolute atomic E-state index is 0.0465. The molecule has 5 fully saturated rings. The van der Waals surface area contributed by atoms with Crippen molar-refractivity contribution in [3.8, 4) is 0 Å². The molecule has 12 rings (SSSR count). The van der Waals surface area contributed by atoms with Gasteiger partial charge in [0.2, 0.25) is 10.0 Å². The molecule has 0 spiro atoms. The first-order valence-corrected chi connectivity index (χ1v) is 57.0. The van der Waals surface area contributed by atoms with Crippen LogP contribution in [0.25, 0.3) is 0 Å². The van der Waals surface area contributed by atoms with Gasteiger partial charge in [-0.15, -0.1) is 0 Å². The molecule has 7 aromatic rings. The first-order valence-electron chi connectivity index (χ1n) is 39.3. The van der Waals surface area contributed by atoms with E-state index < -0.39 is 105 Å². The van der Waals surface area contributed by atoms with Crippen molar-refractivity contribution < 1.29 is 112 Å². The summed E-state index contributed by atoms with van der Waals surface area (Å²) in [7, 11) is 18.1. The third kappa shape index (κ3) is 32.1. The van der Waals surface area contributed by atoms with Gasteiger partial charge >= 0.3 is 251 Å². The Morgan fingerprint density at radius 1 is 0.397 bits per heavy atom. The Hall–Kier alpha value is -4.47. The molecule has 2 heterocycles. The molecule has 121 heavy (non-hydrogen) atoms. The third-order valence-electron chi connectivity index (χ3n) is 21.3. The molecular formula is C88H110Cl5CuF12N6O4PRu2S2-. The summed E-state index contributed by atoms with van der Waals surface area (Å²) in [6.45, 7) is 38.2. The fourth-order valence-corrected chi connectivity index (χ4v) is 28.8. The Morgan fingerprint density at radius 2 is 0.636 bits per heavy atom. The molecule has 0 radical (unpaired) electrons. The van der Waals surface area contributed by atoms with E-state index in [9.17, 15) is 69.5 Å². The zero-order valence-electron chi connectivity index (χ0n) is 70.3. The summed E-state index contributed by atoms with van der Waals surface area (Å²) in [4.78, 5) is 9.62. The number of benzene rings is 7. The van der Waals surface area contributed by atoms with E-state index in [-0.39, 0.29) is 40.8 Å². The third-order valence-corrected chi connectivity index (χ3v) is 31.8. The molecule has 10 nitrogen and oxygen atoms in total. The molecule has 0 aromatic heterocycles. The van der Waals surface area contributed by atoms with Gasteiger partial charge in [0, 0.05) is 63.1 Å². The summed E-state index contributed by atoms with van der Waals surface area (Å²) < 4.78 is 202. The topological polar surface area (TPSA) is 87.7 Å². The molecule has 680 valence electrons. The normalized spacial score (nSPS) is 16.0. The van der Waals surface area contributed by atoms with Crippen molar-refractivity contribution in [3.63, 3.8) is 0 Å². The van der Waals surface area contributed by atoms with Gasteiger partial charge in [-0.25, -0.2) is 12.7 Å². The molecule has 2 saturated heterocycles. The number of sulfonamides is 2. The van der Waals surface area contributed by atoms with E-state index in [0.717, 1.165) is 31.7 Å². The predicted octanol–water partition coefficient (Wildman–Crippen LogP) is 27.4. The molecule has 3 aliphatic carbocycles. The second-order valence-electron chi connectivity index (χ2n) is 31.3. The van der Waals surface area contributed by atoms with E-state index in [1.54, 1.807) is 96.3 Å². The van der Waals surface area contributed by atoms with Crippen molar-refractivity contribution in [2.45, 2.75) is 221 Å². The molecule has 3 saturated carbocycles. The van der Waals surface area contributed by atoms with Gasteiger partial charge in [-0.2, -0.15) is 39.7 Å². The van der Waals surface area contributed by atoms with Crippen LogP contribution >= 0.6 is 56.8 Å². The van der Waals surface area contributed by atoms with Crippen LogP contribution in [-0.4, -0.2) is 81.8 Å². The SMILES string of the molecule is C1CCC([PH+](C2CCCCC2)C2CCCCC2)CC1.C=CN(c1cc(C(F)(F)F)cc(C(F)(F)F)c1)S(C)(=O)=O.CS(=O)(=O)N([CH]=[Ru]([Cl])[Cl])c1cc(C(F)(F)F)cc(C(F)(F)F)c1.Cc1cc(C)c(N2[CH-]N(c3c(C)cc(C)cc3C)CC2)c(C)c1.Cc1cc(C)c(N2[CH-]N(c3c(C)cc(C)cc3C)CC2)c(C)c1.[Cl][Cu].[Cl][Ru]([Cl])=[CH]c1ccccc1. The van der Waals surface area contributed by atoms with E-state index in [4.69, 9.17) is 38.8 Å². The van der Waals surface area contributed by atoms with Crippen molar-refractivity contribution in [2.24, 2.45) is 0 Å². The Balaban J connectivity index is 0.000000227. The quantitative estimate of drug-likeness (QED) is 0.0461. The number of aryl methyl sites for hydroxylation is 12. The Bertz CT molecular complexity index is 4460. The summed E-state index contributed by atoms with van der Waals surface area (Å²) in [5.74, 6) is 0. The Kier molecular flexibility index (Phi) is 40.9. The zero-order valence-corrected chi connectivity index (χ0v) is 81.1. The van der Waals surface area contributed by atoms with E-state index >= 15 is 0 Å². The van der Waals surface area contributed by atoms with Gasteiger partial charge in [0.15, 0.2) is 0 Å². The van der Waals surface area contributed by atoms with Crippen LogP contribution < -0.4 is 28.2 Å². The molecule has 0 bridgehead atoms. The fourth-order valence-electron chi connectivity index (χ4n) is 17.0. The summed E-state index contributed by atoms with van der Waals surface area (Å²) >= 11 is -0.807. The number of anilines is 6.